The zero-order valence-corrected chi connectivity index (χ0v) is 18.7. The van der Waals surface area contributed by atoms with Crippen molar-refractivity contribution < 1.29 is 14.3 Å². The number of ether oxygens (including phenoxy) is 2. The fourth-order valence-electron chi connectivity index (χ4n) is 3.01. The van der Waals surface area contributed by atoms with E-state index in [0.29, 0.717) is 25.3 Å². The standard InChI is InChI=1S/C26H29NO3S/c1-2-6-21-9-13-23(14-10-21)29-18-17-27-26(28)22-11-15-24(16-12-22)30-19-20-31-25-7-4-3-5-8-25/h3-5,7-16H,2,6,17-20H2,1H3,(H,27,28). The first-order valence-corrected chi connectivity index (χ1v) is 11.6. The van der Waals surface area contributed by atoms with Crippen LogP contribution in [-0.4, -0.2) is 31.4 Å². The highest BCUT2D eigenvalue weighted by Crippen LogP contribution is 2.18. The zero-order chi connectivity index (χ0) is 21.7. The van der Waals surface area contributed by atoms with Gasteiger partial charge < -0.3 is 14.8 Å². The second-order valence-corrected chi connectivity index (χ2v) is 8.20. The van der Waals surface area contributed by atoms with Crippen molar-refractivity contribution in [2.45, 2.75) is 24.7 Å². The molecule has 0 aliphatic heterocycles. The first kappa shape index (κ1) is 22.8. The predicted molar refractivity (Wildman–Crippen MR) is 127 cm³/mol. The molecule has 0 saturated carbocycles. The van der Waals surface area contributed by atoms with E-state index in [2.05, 4.69) is 36.5 Å². The molecule has 1 amide bonds. The summed E-state index contributed by atoms with van der Waals surface area (Å²) in [6.07, 6.45) is 2.21. The summed E-state index contributed by atoms with van der Waals surface area (Å²) in [7, 11) is 0. The molecule has 162 valence electrons. The average molecular weight is 436 g/mol. The fourth-order valence-corrected chi connectivity index (χ4v) is 3.77. The Hall–Kier alpha value is -2.92. The van der Waals surface area contributed by atoms with Crippen molar-refractivity contribution in [3.8, 4) is 11.5 Å². The lowest BCUT2D eigenvalue weighted by Crippen LogP contribution is -2.28. The van der Waals surface area contributed by atoms with Crippen LogP contribution in [0.15, 0.2) is 83.8 Å². The molecule has 4 nitrogen and oxygen atoms in total. The summed E-state index contributed by atoms with van der Waals surface area (Å²) < 4.78 is 11.5. The van der Waals surface area contributed by atoms with Crippen LogP contribution in [0.1, 0.15) is 29.3 Å². The van der Waals surface area contributed by atoms with E-state index < -0.39 is 0 Å². The molecule has 0 heterocycles. The SMILES string of the molecule is CCCc1ccc(OCCNC(=O)c2ccc(OCCSc3ccccc3)cc2)cc1. The molecule has 0 unspecified atom stereocenters. The number of benzene rings is 3. The average Bonchev–Trinajstić information content (AvgIpc) is 2.82. The second-order valence-electron chi connectivity index (χ2n) is 7.03. The van der Waals surface area contributed by atoms with Gasteiger partial charge in [0.25, 0.3) is 5.91 Å². The van der Waals surface area contributed by atoms with E-state index in [4.69, 9.17) is 9.47 Å². The molecule has 3 aromatic rings. The summed E-state index contributed by atoms with van der Waals surface area (Å²) in [5.74, 6) is 2.34. The molecule has 0 fully saturated rings. The smallest absolute Gasteiger partial charge is 0.251 e. The van der Waals surface area contributed by atoms with Crippen molar-refractivity contribution in [2.24, 2.45) is 0 Å². The molecule has 0 atom stereocenters. The highest BCUT2D eigenvalue weighted by molar-refractivity contribution is 7.99. The van der Waals surface area contributed by atoms with Crippen molar-refractivity contribution in [3.63, 3.8) is 0 Å². The minimum absolute atomic E-state index is 0.118. The van der Waals surface area contributed by atoms with Crippen LogP contribution < -0.4 is 14.8 Å². The van der Waals surface area contributed by atoms with E-state index in [1.807, 2.05) is 42.5 Å². The molecule has 0 aliphatic rings. The van der Waals surface area contributed by atoms with Gasteiger partial charge in [0.15, 0.2) is 0 Å². The Labute approximate surface area is 189 Å². The number of carbonyl (C=O) groups excluding carboxylic acids is 1. The Balaban J connectivity index is 1.33. The van der Waals surface area contributed by atoms with Crippen LogP contribution in [0.4, 0.5) is 0 Å². The van der Waals surface area contributed by atoms with Gasteiger partial charge in [-0.25, -0.2) is 0 Å². The van der Waals surface area contributed by atoms with Crippen LogP contribution in [-0.2, 0) is 6.42 Å². The second kappa shape index (κ2) is 12.7. The summed E-state index contributed by atoms with van der Waals surface area (Å²) in [6.45, 7) is 3.66. The molecular weight excluding hydrogens is 406 g/mol. The molecule has 3 rings (SSSR count). The Bertz CT molecular complexity index is 912. The zero-order valence-electron chi connectivity index (χ0n) is 17.9. The van der Waals surface area contributed by atoms with Crippen molar-refractivity contribution in [2.75, 3.05) is 25.5 Å². The van der Waals surface area contributed by atoms with Crippen LogP contribution in [0.5, 0.6) is 11.5 Å². The molecule has 1 N–H and O–H groups in total. The third kappa shape index (κ3) is 8.02. The van der Waals surface area contributed by atoms with Gasteiger partial charge in [-0.05, 0) is 60.5 Å². The maximum atomic E-state index is 12.3. The molecular formula is C26H29NO3S. The van der Waals surface area contributed by atoms with Crippen LogP contribution in [0.25, 0.3) is 0 Å². The third-order valence-corrected chi connectivity index (χ3v) is 5.58. The Morgan fingerprint density at radius 1 is 0.839 bits per heavy atom. The quantitative estimate of drug-likeness (QED) is 0.296. The van der Waals surface area contributed by atoms with Gasteiger partial charge in [0.1, 0.15) is 18.1 Å². The number of amides is 1. The van der Waals surface area contributed by atoms with Gasteiger partial charge in [0.05, 0.1) is 13.2 Å². The lowest BCUT2D eigenvalue weighted by molar-refractivity contribution is 0.0947. The van der Waals surface area contributed by atoms with Gasteiger partial charge in [0.2, 0.25) is 0 Å². The van der Waals surface area contributed by atoms with E-state index >= 15 is 0 Å². The molecule has 0 aliphatic carbocycles. The molecule has 0 aromatic heterocycles. The van der Waals surface area contributed by atoms with Gasteiger partial charge >= 0.3 is 0 Å². The molecule has 0 radical (unpaired) electrons. The summed E-state index contributed by atoms with van der Waals surface area (Å²) in [4.78, 5) is 13.5. The maximum absolute atomic E-state index is 12.3. The lowest BCUT2D eigenvalue weighted by atomic mass is 10.1. The minimum Gasteiger partial charge on any atom is -0.493 e. The summed E-state index contributed by atoms with van der Waals surface area (Å²) in [5.41, 5.74) is 1.92. The molecule has 3 aromatic carbocycles. The number of rotatable bonds is 12. The molecule has 31 heavy (non-hydrogen) atoms. The maximum Gasteiger partial charge on any atom is 0.251 e. The normalized spacial score (nSPS) is 10.5. The van der Waals surface area contributed by atoms with Crippen molar-refractivity contribution in [1.82, 2.24) is 5.32 Å². The van der Waals surface area contributed by atoms with Gasteiger partial charge in [-0.1, -0.05) is 43.7 Å². The van der Waals surface area contributed by atoms with Gasteiger partial charge in [0, 0.05) is 16.2 Å². The molecule has 0 spiro atoms. The number of carbonyl (C=O) groups is 1. The van der Waals surface area contributed by atoms with Gasteiger partial charge in [-0.15, -0.1) is 11.8 Å². The third-order valence-electron chi connectivity index (χ3n) is 4.60. The summed E-state index contributed by atoms with van der Waals surface area (Å²) in [6, 6.07) is 25.6. The summed E-state index contributed by atoms with van der Waals surface area (Å²) >= 11 is 1.76. The number of hydrogen-bond donors (Lipinski definition) is 1. The highest BCUT2D eigenvalue weighted by atomic mass is 32.2. The monoisotopic (exact) mass is 435 g/mol. The van der Waals surface area contributed by atoms with E-state index in [1.54, 1.807) is 23.9 Å². The van der Waals surface area contributed by atoms with Gasteiger partial charge in [-0.3, -0.25) is 4.79 Å². The number of thioether (sulfide) groups is 1. The van der Waals surface area contributed by atoms with Crippen LogP contribution in [0.3, 0.4) is 0 Å². The van der Waals surface area contributed by atoms with E-state index in [-0.39, 0.29) is 5.91 Å². The van der Waals surface area contributed by atoms with E-state index in [0.717, 1.165) is 30.1 Å². The topological polar surface area (TPSA) is 47.6 Å². The first-order valence-electron chi connectivity index (χ1n) is 10.7. The Morgan fingerprint density at radius 2 is 1.48 bits per heavy atom. The first-order chi connectivity index (χ1) is 15.2. The minimum atomic E-state index is -0.118. The highest BCUT2D eigenvalue weighted by Gasteiger charge is 2.05. The van der Waals surface area contributed by atoms with Crippen LogP contribution in [0, 0.1) is 0 Å². The predicted octanol–water partition coefficient (Wildman–Crippen LogP) is 5.62. The largest absolute Gasteiger partial charge is 0.493 e. The Kier molecular flexibility index (Phi) is 9.32. The fraction of sp³-hybridized carbons (Fsp3) is 0.269. The van der Waals surface area contributed by atoms with E-state index in [9.17, 15) is 4.79 Å². The van der Waals surface area contributed by atoms with Gasteiger partial charge in [-0.2, -0.15) is 0 Å². The van der Waals surface area contributed by atoms with E-state index in [1.165, 1.54) is 10.5 Å². The van der Waals surface area contributed by atoms with Crippen molar-refractivity contribution in [3.05, 3.63) is 90.0 Å². The lowest BCUT2D eigenvalue weighted by Gasteiger charge is -2.09. The number of nitrogens with one attached hydrogen (secondary N) is 1. The molecule has 0 bridgehead atoms. The van der Waals surface area contributed by atoms with Crippen molar-refractivity contribution in [1.29, 1.82) is 0 Å². The van der Waals surface area contributed by atoms with Crippen LogP contribution >= 0.6 is 11.8 Å². The molecule has 0 saturated heterocycles. The number of aryl methyl sites for hydroxylation is 1. The molecule has 5 heteroatoms. The summed E-state index contributed by atoms with van der Waals surface area (Å²) in [5, 5.41) is 2.88. The number of hydrogen-bond acceptors (Lipinski definition) is 4. The van der Waals surface area contributed by atoms with Crippen molar-refractivity contribution >= 4 is 17.7 Å². The van der Waals surface area contributed by atoms with Crippen LogP contribution in [0.2, 0.25) is 0 Å². The Morgan fingerprint density at radius 3 is 2.16 bits per heavy atom.